The highest BCUT2D eigenvalue weighted by molar-refractivity contribution is 6.01. The van der Waals surface area contributed by atoms with Gasteiger partial charge in [0, 0.05) is 43.9 Å². The summed E-state index contributed by atoms with van der Waals surface area (Å²) < 4.78 is 5.05. The average molecular weight is 359 g/mol. The van der Waals surface area contributed by atoms with Crippen molar-refractivity contribution in [2.75, 3.05) is 39.9 Å². The van der Waals surface area contributed by atoms with Gasteiger partial charge in [-0.15, -0.1) is 0 Å². The minimum atomic E-state index is -0.128. The highest BCUT2D eigenvalue weighted by Crippen LogP contribution is 2.24. The zero-order valence-corrected chi connectivity index (χ0v) is 15.8. The Kier molecular flexibility index (Phi) is 6.27. The molecule has 3 rings (SSSR count). The molecule has 2 aliphatic heterocycles. The molecule has 0 aliphatic carbocycles. The fraction of sp³-hybridized carbons (Fsp3) is 0.600. The van der Waals surface area contributed by atoms with Gasteiger partial charge in [0.15, 0.2) is 0 Å². The Bertz CT molecular complexity index is 656. The number of hydrogen-bond donors (Lipinski definition) is 1. The first-order valence-electron chi connectivity index (χ1n) is 9.53. The van der Waals surface area contributed by atoms with Crippen LogP contribution in [0.15, 0.2) is 18.2 Å². The number of likely N-dealkylation sites (tertiary alicyclic amines) is 1. The van der Waals surface area contributed by atoms with E-state index >= 15 is 0 Å². The van der Waals surface area contributed by atoms with Crippen LogP contribution in [0.25, 0.3) is 0 Å². The van der Waals surface area contributed by atoms with E-state index in [0.29, 0.717) is 18.7 Å². The number of rotatable bonds is 7. The van der Waals surface area contributed by atoms with Gasteiger partial charge in [-0.05, 0) is 56.6 Å². The van der Waals surface area contributed by atoms with Crippen LogP contribution in [-0.4, -0.2) is 67.6 Å². The standard InChI is InChI=1S/C20H29N3O3/c1-15(14-26-2)21-19(24)16-6-7-18-17(12-16)13-23(20(18)25)11-10-22-8-4-3-5-9-22/h6-7,12,15H,3-5,8-11,13-14H2,1-2H3,(H,21,24)/t15-/m1/s1. The van der Waals surface area contributed by atoms with E-state index in [9.17, 15) is 9.59 Å². The maximum absolute atomic E-state index is 12.6. The molecule has 0 spiro atoms. The summed E-state index contributed by atoms with van der Waals surface area (Å²) in [6.45, 7) is 6.93. The molecule has 1 aromatic rings. The number of hydrogen-bond acceptors (Lipinski definition) is 4. The van der Waals surface area contributed by atoms with Gasteiger partial charge in [-0.25, -0.2) is 0 Å². The average Bonchev–Trinajstić information content (AvgIpc) is 2.96. The summed E-state index contributed by atoms with van der Waals surface area (Å²) in [6.07, 6.45) is 3.83. The van der Waals surface area contributed by atoms with Crippen LogP contribution >= 0.6 is 0 Å². The van der Waals surface area contributed by atoms with Crippen molar-refractivity contribution in [2.45, 2.75) is 38.8 Å². The normalized spacial score (nSPS) is 18.7. The molecule has 2 aliphatic rings. The molecule has 142 valence electrons. The molecule has 2 amide bonds. The van der Waals surface area contributed by atoms with Crippen molar-refractivity contribution in [3.8, 4) is 0 Å². The van der Waals surface area contributed by atoms with Crippen LogP contribution in [0.4, 0.5) is 0 Å². The van der Waals surface area contributed by atoms with E-state index in [-0.39, 0.29) is 17.9 Å². The minimum Gasteiger partial charge on any atom is -0.383 e. The van der Waals surface area contributed by atoms with E-state index in [1.807, 2.05) is 17.9 Å². The topological polar surface area (TPSA) is 61.9 Å². The van der Waals surface area contributed by atoms with Crippen molar-refractivity contribution in [1.29, 1.82) is 0 Å². The van der Waals surface area contributed by atoms with Crippen molar-refractivity contribution < 1.29 is 14.3 Å². The van der Waals surface area contributed by atoms with Gasteiger partial charge in [0.25, 0.3) is 11.8 Å². The van der Waals surface area contributed by atoms with E-state index in [1.165, 1.54) is 19.3 Å². The Labute approximate surface area is 155 Å². The van der Waals surface area contributed by atoms with E-state index in [4.69, 9.17) is 4.74 Å². The molecular formula is C20H29N3O3. The van der Waals surface area contributed by atoms with Gasteiger partial charge in [-0.1, -0.05) is 6.42 Å². The fourth-order valence-corrected chi connectivity index (χ4v) is 3.75. The number of methoxy groups -OCH3 is 1. The summed E-state index contributed by atoms with van der Waals surface area (Å²) in [7, 11) is 1.61. The lowest BCUT2D eigenvalue weighted by Crippen LogP contribution is -2.38. The van der Waals surface area contributed by atoms with Gasteiger partial charge in [0.1, 0.15) is 0 Å². The monoisotopic (exact) mass is 359 g/mol. The van der Waals surface area contributed by atoms with Gasteiger partial charge in [-0.2, -0.15) is 0 Å². The van der Waals surface area contributed by atoms with Crippen LogP contribution in [0.2, 0.25) is 0 Å². The molecule has 0 aromatic heterocycles. The molecule has 0 saturated carbocycles. The molecule has 1 aromatic carbocycles. The zero-order chi connectivity index (χ0) is 18.5. The molecular weight excluding hydrogens is 330 g/mol. The number of nitrogens with zero attached hydrogens (tertiary/aromatic N) is 2. The maximum Gasteiger partial charge on any atom is 0.254 e. The highest BCUT2D eigenvalue weighted by Gasteiger charge is 2.28. The third-order valence-electron chi connectivity index (χ3n) is 5.18. The smallest absolute Gasteiger partial charge is 0.254 e. The summed E-state index contributed by atoms with van der Waals surface area (Å²) in [5.41, 5.74) is 2.27. The first-order chi connectivity index (χ1) is 12.6. The lowest BCUT2D eigenvalue weighted by Gasteiger charge is -2.28. The molecule has 0 unspecified atom stereocenters. The van der Waals surface area contributed by atoms with Crippen LogP contribution in [0.5, 0.6) is 0 Å². The van der Waals surface area contributed by atoms with E-state index in [0.717, 1.165) is 37.3 Å². The number of amides is 2. The quantitative estimate of drug-likeness (QED) is 0.808. The molecule has 1 saturated heterocycles. The Morgan fingerprint density at radius 1 is 1.23 bits per heavy atom. The predicted molar refractivity (Wildman–Crippen MR) is 100 cm³/mol. The molecule has 2 heterocycles. The van der Waals surface area contributed by atoms with Crippen LogP contribution in [-0.2, 0) is 11.3 Å². The van der Waals surface area contributed by atoms with Crippen molar-refractivity contribution in [3.05, 3.63) is 34.9 Å². The molecule has 0 radical (unpaired) electrons. The third-order valence-corrected chi connectivity index (χ3v) is 5.18. The molecule has 1 fully saturated rings. The second kappa shape index (κ2) is 8.64. The van der Waals surface area contributed by atoms with Crippen molar-refractivity contribution in [3.63, 3.8) is 0 Å². The number of piperidine rings is 1. The number of carbonyl (C=O) groups is 2. The number of fused-ring (bicyclic) bond motifs is 1. The molecule has 6 heteroatoms. The number of ether oxygens (including phenoxy) is 1. The molecule has 0 bridgehead atoms. The first kappa shape index (κ1) is 18.9. The highest BCUT2D eigenvalue weighted by atomic mass is 16.5. The van der Waals surface area contributed by atoms with Gasteiger partial charge in [0.2, 0.25) is 0 Å². The number of benzene rings is 1. The van der Waals surface area contributed by atoms with Crippen LogP contribution < -0.4 is 5.32 Å². The Hall–Kier alpha value is -1.92. The van der Waals surface area contributed by atoms with Crippen molar-refractivity contribution >= 4 is 11.8 Å². The lowest BCUT2D eigenvalue weighted by molar-refractivity contribution is 0.0752. The van der Waals surface area contributed by atoms with Crippen molar-refractivity contribution in [2.24, 2.45) is 0 Å². The predicted octanol–water partition coefficient (Wildman–Crippen LogP) is 1.89. The van der Waals surface area contributed by atoms with Crippen LogP contribution in [0.3, 0.4) is 0 Å². The van der Waals surface area contributed by atoms with E-state index < -0.39 is 0 Å². The Morgan fingerprint density at radius 2 is 2.00 bits per heavy atom. The fourth-order valence-electron chi connectivity index (χ4n) is 3.75. The molecule has 1 atom stereocenters. The summed E-state index contributed by atoms with van der Waals surface area (Å²) in [4.78, 5) is 29.3. The zero-order valence-electron chi connectivity index (χ0n) is 15.8. The maximum atomic E-state index is 12.6. The van der Waals surface area contributed by atoms with Crippen molar-refractivity contribution in [1.82, 2.24) is 15.1 Å². The number of nitrogens with one attached hydrogen (secondary N) is 1. The van der Waals surface area contributed by atoms with Gasteiger partial charge in [-0.3, -0.25) is 9.59 Å². The van der Waals surface area contributed by atoms with E-state index in [1.54, 1.807) is 19.2 Å². The Morgan fingerprint density at radius 3 is 2.73 bits per heavy atom. The van der Waals surface area contributed by atoms with Crippen LogP contribution in [0, 0.1) is 0 Å². The molecule has 1 N–H and O–H groups in total. The third kappa shape index (κ3) is 4.43. The second-order valence-corrected chi connectivity index (χ2v) is 7.33. The van der Waals surface area contributed by atoms with Crippen LogP contribution in [0.1, 0.15) is 52.5 Å². The van der Waals surface area contributed by atoms with Gasteiger partial charge < -0.3 is 19.9 Å². The molecule has 26 heavy (non-hydrogen) atoms. The minimum absolute atomic E-state index is 0.0524. The van der Waals surface area contributed by atoms with E-state index in [2.05, 4.69) is 10.2 Å². The molecule has 6 nitrogen and oxygen atoms in total. The summed E-state index contributed by atoms with van der Waals surface area (Å²) in [6, 6.07) is 5.32. The lowest BCUT2D eigenvalue weighted by atomic mass is 10.1. The summed E-state index contributed by atoms with van der Waals surface area (Å²) in [5.74, 6) is -0.0479. The summed E-state index contributed by atoms with van der Waals surface area (Å²) in [5, 5.41) is 2.91. The SMILES string of the molecule is COC[C@@H](C)NC(=O)c1ccc2c(c1)CN(CCN1CCCCC1)C2=O. The number of carbonyl (C=O) groups excluding carboxylic acids is 2. The summed E-state index contributed by atoms with van der Waals surface area (Å²) >= 11 is 0. The first-order valence-corrected chi connectivity index (χ1v) is 9.53. The second-order valence-electron chi connectivity index (χ2n) is 7.33. The largest absolute Gasteiger partial charge is 0.383 e. The van der Waals surface area contributed by atoms with Gasteiger partial charge in [0.05, 0.1) is 6.61 Å². The van der Waals surface area contributed by atoms with Gasteiger partial charge >= 0.3 is 0 Å². The Balaban J connectivity index is 1.59.